The van der Waals surface area contributed by atoms with Crippen LogP contribution in [0, 0.1) is 0 Å². The van der Waals surface area contributed by atoms with E-state index in [1.807, 2.05) is 42.5 Å². The molecule has 0 aliphatic heterocycles. The zero-order valence-corrected chi connectivity index (χ0v) is 23.3. The fraction of sp³-hybridized carbons (Fsp3) is 0. The Bertz CT molecular complexity index is 3380. The molecule has 8 aromatic carbocycles. The van der Waals surface area contributed by atoms with E-state index in [2.05, 4.69) is 0 Å². The minimum atomic E-state index is -0.823. The molecule has 0 amide bonds. The molecule has 1 nitrogen and oxygen atoms in total. The molecule has 0 spiro atoms. The van der Waals surface area contributed by atoms with E-state index in [0.717, 1.165) is 11.1 Å². The fourth-order valence-electron chi connectivity index (χ4n) is 6.00. The van der Waals surface area contributed by atoms with E-state index in [0.29, 0.717) is 21.9 Å². The molecule has 45 heavy (non-hydrogen) atoms. The van der Waals surface area contributed by atoms with Gasteiger partial charge < -0.3 is 4.42 Å². The minimum absolute atomic E-state index is 0.183. The molecule has 0 N–H and O–H groups in total. The summed E-state index contributed by atoms with van der Waals surface area (Å²) in [5.74, 6) is 0. The number of furan rings is 1. The van der Waals surface area contributed by atoms with Crippen molar-refractivity contribution in [2.75, 3.05) is 0 Å². The molecule has 210 valence electrons. The van der Waals surface area contributed by atoms with Crippen LogP contribution in [-0.4, -0.2) is 0 Å². The van der Waals surface area contributed by atoms with Gasteiger partial charge in [-0.25, -0.2) is 0 Å². The van der Waals surface area contributed by atoms with Gasteiger partial charge in [0, 0.05) is 16.3 Å². The maximum absolute atomic E-state index is 9.90. The monoisotopic (exact) mass is 589 g/mol. The van der Waals surface area contributed by atoms with E-state index in [1.165, 1.54) is 0 Å². The van der Waals surface area contributed by atoms with Gasteiger partial charge in [-0.3, -0.25) is 0 Å². The van der Waals surface area contributed by atoms with E-state index in [9.17, 15) is 9.60 Å². The van der Waals surface area contributed by atoms with Crippen molar-refractivity contribution >= 4 is 43.5 Å². The molecule has 0 saturated heterocycles. The number of fused-ring (bicyclic) bond motifs is 5. The molecular weight excluding hydrogens is 544 g/mol. The van der Waals surface area contributed by atoms with Gasteiger partial charge in [0.25, 0.3) is 0 Å². The summed E-state index contributed by atoms with van der Waals surface area (Å²) in [6.45, 7) is 0. The molecule has 0 fully saturated rings. The van der Waals surface area contributed by atoms with Crippen LogP contribution in [0.5, 0.6) is 0 Å². The lowest BCUT2D eigenvalue weighted by Crippen LogP contribution is -1.91. The molecule has 9 aromatic rings. The second-order valence-electron chi connectivity index (χ2n) is 10.3. The number of hydrogen-bond donors (Lipinski definition) is 0. The van der Waals surface area contributed by atoms with E-state index < -0.39 is 147 Å². The van der Waals surface area contributed by atoms with Gasteiger partial charge in [0.2, 0.25) is 0 Å². The zero-order chi connectivity index (χ0) is 44.5. The lowest BCUT2D eigenvalue weighted by atomic mass is 9.85. The molecule has 1 heteroatoms. The van der Waals surface area contributed by atoms with E-state index >= 15 is 0 Å². The zero-order valence-electron chi connectivity index (χ0n) is 40.3. The molecule has 0 saturated carbocycles. The summed E-state index contributed by atoms with van der Waals surface area (Å²) >= 11 is 0. The summed E-state index contributed by atoms with van der Waals surface area (Å²) in [5, 5.41) is -0.971. The number of para-hydroxylation sites is 1. The standard InChI is InChI=1S/C44H28O/c1-3-14-29(15-4-1)34-25-12-26-39-43-33(24-13-27-40(43)45-44(34)39)31-18-11-19-32(28-31)42-37-22-9-7-20-35(37)41(30-16-5-2-6-17-30)36-21-8-10-23-38(36)42/h1-28H/i2D,5D,6D,7D,8D,9D,10D,11D,16D,17D,18D,19D,20D,21D,22D,23D,28D. The van der Waals surface area contributed by atoms with E-state index in [1.54, 1.807) is 24.3 Å². The van der Waals surface area contributed by atoms with Crippen molar-refractivity contribution in [3.05, 3.63) is 169 Å². The van der Waals surface area contributed by atoms with Crippen molar-refractivity contribution in [2.24, 2.45) is 0 Å². The van der Waals surface area contributed by atoms with E-state index in [4.69, 9.17) is 18.1 Å². The molecule has 0 aliphatic rings. The van der Waals surface area contributed by atoms with Gasteiger partial charge in [-0.1, -0.05) is 157 Å². The summed E-state index contributed by atoms with van der Waals surface area (Å²) in [6, 6.07) is 6.79. The van der Waals surface area contributed by atoms with Crippen LogP contribution in [0.4, 0.5) is 0 Å². The molecule has 1 heterocycles. The number of benzene rings is 8. The highest BCUT2D eigenvalue weighted by Crippen LogP contribution is 2.45. The first-order chi connectivity index (χ1) is 29.4. The van der Waals surface area contributed by atoms with Gasteiger partial charge in [0.05, 0.1) is 23.3 Å². The fourth-order valence-corrected chi connectivity index (χ4v) is 6.00. The van der Waals surface area contributed by atoms with Crippen molar-refractivity contribution < 1.29 is 27.7 Å². The van der Waals surface area contributed by atoms with Gasteiger partial charge >= 0.3 is 0 Å². The lowest BCUT2D eigenvalue weighted by molar-refractivity contribution is 0.670. The van der Waals surface area contributed by atoms with Crippen LogP contribution < -0.4 is 0 Å². The summed E-state index contributed by atoms with van der Waals surface area (Å²) in [4.78, 5) is 0. The van der Waals surface area contributed by atoms with Crippen molar-refractivity contribution in [3.8, 4) is 44.5 Å². The molecule has 0 radical (unpaired) electrons. The highest BCUT2D eigenvalue weighted by molar-refractivity contribution is 6.22. The number of rotatable bonds is 4. The lowest BCUT2D eigenvalue weighted by Gasteiger charge is -2.18. The van der Waals surface area contributed by atoms with Crippen LogP contribution in [0.25, 0.3) is 88.0 Å². The second-order valence-corrected chi connectivity index (χ2v) is 10.3. The Morgan fingerprint density at radius 3 is 1.69 bits per heavy atom. The average Bonchev–Trinajstić information content (AvgIpc) is 3.66. The smallest absolute Gasteiger partial charge is 0.143 e. The highest BCUT2D eigenvalue weighted by atomic mass is 16.3. The third-order valence-electron chi connectivity index (χ3n) is 7.88. The average molecular weight is 590 g/mol. The molecule has 0 atom stereocenters. The molecule has 1 aromatic heterocycles. The summed E-state index contributed by atoms with van der Waals surface area (Å²) in [7, 11) is 0. The van der Waals surface area contributed by atoms with Crippen molar-refractivity contribution in [1.29, 1.82) is 0 Å². The molecule has 9 rings (SSSR count). The van der Waals surface area contributed by atoms with Crippen LogP contribution in [0.15, 0.2) is 174 Å². The molecule has 0 aliphatic carbocycles. The Hall–Kier alpha value is -5.92. The predicted molar refractivity (Wildman–Crippen MR) is 190 cm³/mol. The highest BCUT2D eigenvalue weighted by Gasteiger charge is 2.19. The topological polar surface area (TPSA) is 13.1 Å². The normalized spacial score (nSPS) is 16.8. The van der Waals surface area contributed by atoms with Crippen LogP contribution in [0.3, 0.4) is 0 Å². The van der Waals surface area contributed by atoms with Gasteiger partial charge in [0.15, 0.2) is 0 Å². The predicted octanol–water partition coefficient (Wildman–Crippen LogP) is 12.6. The van der Waals surface area contributed by atoms with E-state index in [-0.39, 0.29) is 11.1 Å². The van der Waals surface area contributed by atoms with Crippen LogP contribution in [0.1, 0.15) is 23.3 Å². The maximum Gasteiger partial charge on any atom is 0.143 e. The van der Waals surface area contributed by atoms with Gasteiger partial charge in [-0.15, -0.1) is 0 Å². The minimum Gasteiger partial charge on any atom is -0.455 e. The Balaban J connectivity index is 1.53. The second kappa shape index (κ2) is 10.4. The SMILES string of the molecule is [2H]c1c([2H])c([2H])c(-c2c3c([2H])c([2H])c([2H])c([2H])c3c(-c3c([2H])c([2H])c([2H])c(-c4cccc5oc6c(-c7ccccc7)cccc6c45)c3[2H])c3c([2H])c([2H])c([2H])c([2H])c23)c([2H])c1[2H]. The first kappa shape index (κ1) is 13.8. The first-order valence-corrected chi connectivity index (χ1v) is 14.1. The summed E-state index contributed by atoms with van der Waals surface area (Å²) < 4.78 is 159. The van der Waals surface area contributed by atoms with Gasteiger partial charge in [-0.2, -0.15) is 0 Å². The maximum atomic E-state index is 9.90. The summed E-state index contributed by atoms with van der Waals surface area (Å²) in [6.07, 6.45) is 0. The third kappa shape index (κ3) is 4.09. The Morgan fingerprint density at radius 1 is 0.400 bits per heavy atom. The number of hydrogen-bond acceptors (Lipinski definition) is 1. The Morgan fingerprint density at radius 2 is 0.978 bits per heavy atom. The van der Waals surface area contributed by atoms with Crippen LogP contribution in [-0.2, 0) is 0 Å². The molecule has 0 unspecified atom stereocenters. The Kier molecular flexibility index (Phi) is 3.18. The Labute approximate surface area is 285 Å². The van der Waals surface area contributed by atoms with Gasteiger partial charge in [0.1, 0.15) is 11.2 Å². The van der Waals surface area contributed by atoms with Crippen LogP contribution in [0.2, 0.25) is 0 Å². The van der Waals surface area contributed by atoms with Crippen molar-refractivity contribution in [1.82, 2.24) is 0 Å². The molecule has 0 bridgehead atoms. The van der Waals surface area contributed by atoms with Gasteiger partial charge in [-0.05, 0) is 72.6 Å². The largest absolute Gasteiger partial charge is 0.455 e. The van der Waals surface area contributed by atoms with Crippen molar-refractivity contribution in [2.45, 2.75) is 0 Å². The van der Waals surface area contributed by atoms with Crippen molar-refractivity contribution in [3.63, 3.8) is 0 Å². The molecular formula is C44H28O. The quantitative estimate of drug-likeness (QED) is 0.186. The first-order valence-electron chi connectivity index (χ1n) is 22.6. The third-order valence-corrected chi connectivity index (χ3v) is 7.88. The summed E-state index contributed by atoms with van der Waals surface area (Å²) in [5.41, 5.74) is 0.434. The van der Waals surface area contributed by atoms with Crippen LogP contribution >= 0.6 is 0 Å².